The van der Waals surface area contributed by atoms with Crippen LogP contribution in [0.2, 0.25) is 0 Å². The molecule has 0 aromatic rings. The quantitative estimate of drug-likeness (QED) is 0.401. The number of carbonyl (C=O) groups excluding carboxylic acids is 2. The molecule has 1 aliphatic carbocycles. The van der Waals surface area contributed by atoms with Gasteiger partial charge in [-0.3, -0.25) is 0 Å². The molecule has 1 aliphatic rings. The summed E-state index contributed by atoms with van der Waals surface area (Å²) in [7, 11) is 0. The molecular weight excluding hydrogens is 182 g/mol. The maximum Gasteiger partial charge on any atom is 1.00 e. The van der Waals surface area contributed by atoms with Gasteiger partial charge in [-0.2, -0.15) is 0 Å². The molecule has 12 heavy (non-hydrogen) atoms. The monoisotopic (exact) mass is 186 g/mol. The van der Waals surface area contributed by atoms with E-state index in [4.69, 9.17) is 0 Å². The van der Waals surface area contributed by atoms with E-state index in [0.717, 1.165) is 0 Å². The second-order valence-electron chi connectivity index (χ2n) is 2.03. The average molecular weight is 186 g/mol. The van der Waals surface area contributed by atoms with Gasteiger partial charge < -0.3 is 19.8 Å². The number of aliphatic carboxylic acids is 2. The maximum absolute atomic E-state index is 10.0. The molecule has 0 fully saturated rings. The van der Waals surface area contributed by atoms with Gasteiger partial charge in [0.25, 0.3) is 0 Å². The number of carbonyl (C=O) groups is 2. The summed E-state index contributed by atoms with van der Waals surface area (Å²) in [5.41, 5.74) is -0.250. The molecule has 0 saturated carbocycles. The minimum absolute atomic E-state index is 0. The van der Waals surface area contributed by atoms with Crippen LogP contribution in [0.25, 0.3) is 0 Å². The van der Waals surface area contributed by atoms with E-state index in [0.29, 0.717) is 0 Å². The first-order valence-corrected chi connectivity index (χ1v) is 2.77. The molecule has 54 valence electrons. The smallest absolute Gasteiger partial charge is 0.545 e. The van der Waals surface area contributed by atoms with Gasteiger partial charge in [0.15, 0.2) is 0 Å². The Labute approximate surface area is 114 Å². The summed E-state index contributed by atoms with van der Waals surface area (Å²) in [6, 6.07) is 0. The van der Waals surface area contributed by atoms with E-state index in [-0.39, 0.29) is 83.1 Å². The molecule has 4 nitrogen and oxygen atoms in total. The Morgan fingerprint density at radius 3 is 1.25 bits per heavy atom. The minimum atomic E-state index is -1.40. The molecule has 0 radical (unpaired) electrons. The standard InChI is InChI=1S/C6H6O4.2Na/c7-5(8)3-1-2-4(3)6(9)10;;/h1-2H2,(H,7,8)(H,9,10);;/q;2*+1/p-2. The van der Waals surface area contributed by atoms with Crippen molar-refractivity contribution in [2.75, 3.05) is 0 Å². The fraction of sp³-hybridized carbons (Fsp3) is 0.333. The van der Waals surface area contributed by atoms with Crippen molar-refractivity contribution in [3.63, 3.8) is 0 Å². The molecule has 0 bridgehead atoms. The Morgan fingerprint density at radius 2 is 1.17 bits per heavy atom. The molecule has 0 N–H and O–H groups in total. The van der Waals surface area contributed by atoms with Crippen molar-refractivity contribution in [2.45, 2.75) is 12.8 Å². The number of carboxylic acids is 2. The van der Waals surface area contributed by atoms with E-state index in [1.165, 1.54) is 0 Å². The number of rotatable bonds is 2. The summed E-state index contributed by atoms with van der Waals surface area (Å²) in [6.45, 7) is 0. The van der Waals surface area contributed by atoms with Gasteiger partial charge in [0.2, 0.25) is 0 Å². The summed E-state index contributed by atoms with van der Waals surface area (Å²) >= 11 is 0. The Morgan fingerprint density at radius 1 is 0.917 bits per heavy atom. The van der Waals surface area contributed by atoms with Gasteiger partial charge in [-0.05, 0) is 24.0 Å². The molecule has 0 spiro atoms. The molecule has 1 rings (SSSR count). The van der Waals surface area contributed by atoms with Crippen molar-refractivity contribution >= 4 is 11.9 Å². The second kappa shape index (κ2) is 6.18. The van der Waals surface area contributed by atoms with Crippen molar-refractivity contribution in [3.8, 4) is 0 Å². The summed E-state index contributed by atoms with van der Waals surface area (Å²) in [5, 5.41) is 20.1. The predicted molar refractivity (Wildman–Crippen MR) is 26.3 cm³/mol. The van der Waals surface area contributed by atoms with Crippen molar-refractivity contribution in [1.82, 2.24) is 0 Å². The number of hydrogen-bond donors (Lipinski definition) is 0. The number of hydrogen-bond acceptors (Lipinski definition) is 4. The zero-order chi connectivity index (χ0) is 7.72. The minimum Gasteiger partial charge on any atom is -0.545 e. The first-order chi connectivity index (χ1) is 4.63. The van der Waals surface area contributed by atoms with Crippen LogP contribution in [0, 0.1) is 0 Å². The summed E-state index contributed by atoms with van der Waals surface area (Å²) in [6.07, 6.45) is 0.567. The summed E-state index contributed by atoms with van der Waals surface area (Å²) in [5.74, 6) is -2.80. The molecule has 0 aromatic carbocycles. The first-order valence-electron chi connectivity index (χ1n) is 2.77. The van der Waals surface area contributed by atoms with Crippen molar-refractivity contribution < 1.29 is 78.9 Å². The van der Waals surface area contributed by atoms with Gasteiger partial charge >= 0.3 is 59.1 Å². The van der Waals surface area contributed by atoms with E-state index < -0.39 is 11.9 Å². The van der Waals surface area contributed by atoms with Gasteiger partial charge in [-0.1, -0.05) is 0 Å². The van der Waals surface area contributed by atoms with E-state index in [1.54, 1.807) is 0 Å². The Bertz CT molecular complexity index is 210. The normalized spacial score (nSPS) is 13.7. The predicted octanol–water partition coefficient (Wildman–Crippen LogP) is -8.42. The topological polar surface area (TPSA) is 80.3 Å². The van der Waals surface area contributed by atoms with Crippen molar-refractivity contribution in [1.29, 1.82) is 0 Å². The molecule has 0 heterocycles. The molecule has 0 aromatic heterocycles. The van der Waals surface area contributed by atoms with Crippen LogP contribution in [0.3, 0.4) is 0 Å². The van der Waals surface area contributed by atoms with Crippen LogP contribution in [0.5, 0.6) is 0 Å². The fourth-order valence-corrected chi connectivity index (χ4v) is 0.826. The maximum atomic E-state index is 10.0. The van der Waals surface area contributed by atoms with Crippen molar-refractivity contribution in [2.24, 2.45) is 0 Å². The van der Waals surface area contributed by atoms with Crippen LogP contribution in [0.1, 0.15) is 12.8 Å². The van der Waals surface area contributed by atoms with E-state index in [2.05, 4.69) is 0 Å². The zero-order valence-corrected chi connectivity index (χ0v) is 11.0. The molecular formula is C6H4Na2O4. The van der Waals surface area contributed by atoms with Gasteiger partial charge in [-0.25, -0.2) is 0 Å². The van der Waals surface area contributed by atoms with E-state index >= 15 is 0 Å². The summed E-state index contributed by atoms with van der Waals surface area (Å²) in [4.78, 5) is 20.1. The van der Waals surface area contributed by atoms with Crippen LogP contribution < -0.4 is 69.3 Å². The van der Waals surface area contributed by atoms with Gasteiger partial charge in [0.1, 0.15) is 0 Å². The van der Waals surface area contributed by atoms with Gasteiger partial charge in [-0.15, -0.1) is 0 Å². The third kappa shape index (κ3) is 3.20. The van der Waals surface area contributed by atoms with Crippen LogP contribution in [0.4, 0.5) is 0 Å². The Kier molecular flexibility index (Phi) is 7.81. The van der Waals surface area contributed by atoms with Crippen molar-refractivity contribution in [3.05, 3.63) is 11.1 Å². The molecule has 0 saturated heterocycles. The average Bonchev–Trinajstić information content (AvgIpc) is 1.56. The summed E-state index contributed by atoms with van der Waals surface area (Å²) < 4.78 is 0. The Balaban J connectivity index is 0. The van der Waals surface area contributed by atoms with Crippen LogP contribution in [-0.2, 0) is 9.59 Å². The number of carboxylic acid groups (broad SMARTS) is 2. The molecule has 6 heteroatoms. The molecule has 0 amide bonds. The Hall–Kier alpha value is 0.680. The fourth-order valence-electron chi connectivity index (χ4n) is 0.826. The zero-order valence-electron chi connectivity index (χ0n) is 7.05. The van der Waals surface area contributed by atoms with Crippen LogP contribution in [-0.4, -0.2) is 11.9 Å². The second-order valence-corrected chi connectivity index (χ2v) is 2.03. The first kappa shape index (κ1) is 15.2. The SMILES string of the molecule is O=C([O-])C1=C(C(=O)[O-])CC1.[Na+].[Na+]. The van der Waals surface area contributed by atoms with E-state index in [1.807, 2.05) is 0 Å². The molecule has 0 unspecified atom stereocenters. The van der Waals surface area contributed by atoms with Gasteiger partial charge in [0.05, 0.1) is 11.9 Å². The largest absolute Gasteiger partial charge is 1.00 e. The third-order valence-electron chi connectivity index (χ3n) is 1.48. The van der Waals surface area contributed by atoms with E-state index in [9.17, 15) is 19.8 Å². The van der Waals surface area contributed by atoms with Crippen LogP contribution >= 0.6 is 0 Å². The van der Waals surface area contributed by atoms with Crippen LogP contribution in [0.15, 0.2) is 11.1 Å². The molecule has 0 aliphatic heterocycles. The molecule has 0 atom stereocenters. The van der Waals surface area contributed by atoms with Gasteiger partial charge in [0, 0.05) is 0 Å². The third-order valence-corrected chi connectivity index (χ3v) is 1.48.